The first-order chi connectivity index (χ1) is 13.5. The summed E-state index contributed by atoms with van der Waals surface area (Å²) in [5.41, 5.74) is 1.34. The number of amides is 2. The van der Waals surface area contributed by atoms with Crippen molar-refractivity contribution in [3.63, 3.8) is 0 Å². The first kappa shape index (κ1) is 20.0. The number of hydrogen-bond donors (Lipinski definition) is 2. The molecule has 0 aliphatic heterocycles. The van der Waals surface area contributed by atoms with E-state index in [9.17, 15) is 9.59 Å². The van der Waals surface area contributed by atoms with Crippen LogP contribution in [0.15, 0.2) is 42.7 Å². The van der Waals surface area contributed by atoms with Gasteiger partial charge in [-0.25, -0.2) is 4.98 Å². The van der Waals surface area contributed by atoms with Gasteiger partial charge in [0.25, 0.3) is 5.91 Å². The first-order valence-corrected chi connectivity index (χ1v) is 9.92. The van der Waals surface area contributed by atoms with Crippen LogP contribution < -0.4 is 10.6 Å². The lowest BCUT2D eigenvalue weighted by Crippen LogP contribution is -2.50. The molecular formula is C20H24N4O3S. The maximum atomic E-state index is 12.7. The van der Waals surface area contributed by atoms with Crippen molar-refractivity contribution in [1.82, 2.24) is 20.2 Å². The molecule has 0 aliphatic rings. The molecule has 0 saturated heterocycles. The van der Waals surface area contributed by atoms with Gasteiger partial charge in [0, 0.05) is 31.6 Å². The molecule has 0 saturated carbocycles. The molecular weight excluding hydrogens is 376 g/mol. The Morgan fingerprint density at radius 3 is 2.68 bits per heavy atom. The van der Waals surface area contributed by atoms with Gasteiger partial charge < -0.3 is 19.9 Å². The minimum atomic E-state index is -0.614. The van der Waals surface area contributed by atoms with E-state index in [0.717, 1.165) is 15.3 Å². The maximum Gasteiger partial charge on any atom is 0.251 e. The highest BCUT2D eigenvalue weighted by atomic mass is 32.1. The maximum absolute atomic E-state index is 12.7. The molecule has 2 N–H and O–H groups in total. The van der Waals surface area contributed by atoms with Crippen LogP contribution in [0, 0.1) is 5.92 Å². The average Bonchev–Trinajstić information content (AvgIpc) is 3.34. The van der Waals surface area contributed by atoms with Crippen molar-refractivity contribution in [2.45, 2.75) is 19.9 Å². The Kier molecular flexibility index (Phi) is 6.43. The van der Waals surface area contributed by atoms with E-state index in [-0.39, 0.29) is 17.7 Å². The first-order valence-electron chi connectivity index (χ1n) is 9.11. The summed E-state index contributed by atoms with van der Waals surface area (Å²) in [7, 11) is 1.57. The van der Waals surface area contributed by atoms with Crippen molar-refractivity contribution < 1.29 is 14.3 Å². The van der Waals surface area contributed by atoms with Crippen molar-refractivity contribution in [3.05, 3.63) is 48.3 Å². The smallest absolute Gasteiger partial charge is 0.251 e. The molecule has 2 aromatic heterocycles. The minimum absolute atomic E-state index is 0.0426. The molecule has 0 bridgehead atoms. The lowest BCUT2D eigenvalue weighted by molar-refractivity contribution is -0.124. The highest BCUT2D eigenvalue weighted by molar-refractivity contribution is 7.20. The molecule has 0 unspecified atom stereocenters. The van der Waals surface area contributed by atoms with Crippen molar-refractivity contribution in [2.75, 3.05) is 20.3 Å². The normalized spacial score (nSPS) is 12.3. The van der Waals surface area contributed by atoms with E-state index < -0.39 is 6.04 Å². The Morgan fingerprint density at radius 2 is 2.00 bits per heavy atom. The average molecular weight is 401 g/mol. The highest BCUT2D eigenvalue weighted by Crippen LogP contribution is 2.26. The van der Waals surface area contributed by atoms with Crippen LogP contribution in [0.1, 0.15) is 24.2 Å². The van der Waals surface area contributed by atoms with Crippen LogP contribution in [-0.4, -0.2) is 47.7 Å². The number of carbonyl (C=O) groups excluding carboxylic acids is 2. The zero-order chi connectivity index (χ0) is 20.1. The van der Waals surface area contributed by atoms with Crippen molar-refractivity contribution in [3.8, 4) is 5.13 Å². The summed E-state index contributed by atoms with van der Waals surface area (Å²) in [5.74, 6) is -0.536. The van der Waals surface area contributed by atoms with Gasteiger partial charge in [-0.3, -0.25) is 9.59 Å². The van der Waals surface area contributed by atoms with E-state index in [2.05, 4.69) is 15.6 Å². The molecule has 0 radical (unpaired) electrons. The largest absolute Gasteiger partial charge is 0.383 e. The zero-order valence-corrected chi connectivity index (χ0v) is 17.0. The lowest BCUT2D eigenvalue weighted by Gasteiger charge is -2.21. The number of carbonyl (C=O) groups is 2. The van der Waals surface area contributed by atoms with Crippen LogP contribution >= 0.6 is 11.3 Å². The van der Waals surface area contributed by atoms with Crippen LogP contribution in [0.2, 0.25) is 0 Å². The molecule has 0 aliphatic carbocycles. The molecule has 8 heteroatoms. The van der Waals surface area contributed by atoms with Gasteiger partial charge in [-0.2, -0.15) is 0 Å². The van der Waals surface area contributed by atoms with Gasteiger partial charge in [0.1, 0.15) is 6.04 Å². The van der Waals surface area contributed by atoms with Gasteiger partial charge in [0.05, 0.1) is 16.8 Å². The fourth-order valence-electron chi connectivity index (χ4n) is 2.77. The second-order valence-corrected chi connectivity index (χ2v) is 7.76. The number of fused-ring (bicyclic) bond motifs is 1. The van der Waals surface area contributed by atoms with Gasteiger partial charge in [-0.1, -0.05) is 25.2 Å². The highest BCUT2D eigenvalue weighted by Gasteiger charge is 2.24. The summed E-state index contributed by atoms with van der Waals surface area (Å²) in [6.07, 6.45) is 3.86. The van der Waals surface area contributed by atoms with Crippen molar-refractivity contribution >= 4 is 33.4 Å². The molecule has 148 valence electrons. The quantitative estimate of drug-likeness (QED) is 0.569. The lowest BCUT2D eigenvalue weighted by atomic mass is 10.0. The van der Waals surface area contributed by atoms with Gasteiger partial charge in [-0.05, 0) is 36.2 Å². The zero-order valence-electron chi connectivity index (χ0n) is 16.1. The van der Waals surface area contributed by atoms with Gasteiger partial charge in [-0.15, -0.1) is 0 Å². The molecule has 3 rings (SSSR count). The number of thiazole rings is 1. The second-order valence-electron chi connectivity index (χ2n) is 6.75. The summed E-state index contributed by atoms with van der Waals surface area (Å²) in [5, 5.41) is 6.47. The fourth-order valence-corrected chi connectivity index (χ4v) is 3.74. The third-order valence-corrected chi connectivity index (χ3v) is 5.34. The van der Waals surface area contributed by atoms with Gasteiger partial charge in [0.2, 0.25) is 5.91 Å². The number of methoxy groups -OCH3 is 1. The second kappa shape index (κ2) is 8.99. The van der Waals surface area contributed by atoms with Crippen LogP contribution in [0.25, 0.3) is 15.3 Å². The van der Waals surface area contributed by atoms with E-state index in [1.165, 1.54) is 11.3 Å². The fraction of sp³-hybridized carbons (Fsp3) is 0.350. The Labute approximate surface area is 167 Å². The van der Waals surface area contributed by atoms with E-state index in [4.69, 9.17) is 4.74 Å². The summed E-state index contributed by atoms with van der Waals surface area (Å²) < 4.78 is 7.80. The number of rotatable bonds is 8. The van der Waals surface area contributed by atoms with Crippen LogP contribution in [0.4, 0.5) is 0 Å². The number of hydrogen-bond acceptors (Lipinski definition) is 5. The van der Waals surface area contributed by atoms with E-state index in [1.54, 1.807) is 13.2 Å². The van der Waals surface area contributed by atoms with Crippen molar-refractivity contribution in [1.29, 1.82) is 0 Å². The molecule has 0 fully saturated rings. The Balaban J connectivity index is 1.75. The number of aromatic nitrogens is 2. The van der Waals surface area contributed by atoms with E-state index in [1.807, 2.05) is 55.1 Å². The molecule has 7 nitrogen and oxygen atoms in total. The third kappa shape index (κ3) is 4.58. The molecule has 3 aromatic rings. The molecule has 28 heavy (non-hydrogen) atoms. The summed E-state index contributed by atoms with van der Waals surface area (Å²) >= 11 is 1.51. The number of ether oxygens (including phenoxy) is 1. The number of nitrogens with one attached hydrogen (secondary N) is 2. The number of nitrogens with zero attached hydrogens (tertiary/aromatic N) is 2. The minimum Gasteiger partial charge on any atom is -0.383 e. The van der Waals surface area contributed by atoms with Crippen molar-refractivity contribution in [2.24, 2.45) is 5.92 Å². The molecule has 1 aromatic carbocycles. The summed E-state index contributed by atoms with van der Waals surface area (Å²) in [6, 6.07) is 8.64. The third-order valence-electron chi connectivity index (χ3n) is 4.31. The van der Waals surface area contributed by atoms with Gasteiger partial charge >= 0.3 is 0 Å². The predicted molar refractivity (Wildman–Crippen MR) is 110 cm³/mol. The predicted octanol–water partition coefficient (Wildman–Crippen LogP) is 2.60. The molecule has 1 atom stereocenters. The summed E-state index contributed by atoms with van der Waals surface area (Å²) in [6.45, 7) is 4.63. The van der Waals surface area contributed by atoms with Crippen LogP contribution in [-0.2, 0) is 9.53 Å². The van der Waals surface area contributed by atoms with E-state index in [0.29, 0.717) is 18.7 Å². The number of benzene rings is 1. The SMILES string of the molecule is COCCNC(=O)[C@H](NC(=O)c1ccc2nc(-n3cccc3)sc2c1)C(C)C. The van der Waals surface area contributed by atoms with Crippen LogP contribution in [0.5, 0.6) is 0 Å². The van der Waals surface area contributed by atoms with Crippen LogP contribution in [0.3, 0.4) is 0 Å². The van der Waals surface area contributed by atoms with Gasteiger partial charge in [0.15, 0.2) is 5.13 Å². The topological polar surface area (TPSA) is 85.2 Å². The Morgan fingerprint density at radius 1 is 1.25 bits per heavy atom. The Hall–Kier alpha value is -2.71. The molecule has 0 spiro atoms. The monoisotopic (exact) mass is 400 g/mol. The Bertz CT molecular complexity index is 950. The molecule has 2 amide bonds. The standard InChI is InChI=1S/C20H24N4O3S/c1-13(2)17(19(26)21-8-11-27-3)23-18(25)14-6-7-15-16(12-14)28-20(22-15)24-9-4-5-10-24/h4-7,9-10,12-13,17H,8,11H2,1-3H3,(H,21,26)(H,23,25)/t17-/m1/s1. The van der Waals surface area contributed by atoms with E-state index >= 15 is 0 Å². The summed E-state index contributed by atoms with van der Waals surface area (Å²) in [4.78, 5) is 29.7. The molecule has 2 heterocycles.